The Bertz CT molecular complexity index is 199. The lowest BCUT2D eigenvalue weighted by Crippen LogP contribution is -2.48. The first kappa shape index (κ1) is 20.1. The summed E-state index contributed by atoms with van der Waals surface area (Å²) in [7, 11) is 1.63. The Morgan fingerprint density at radius 1 is 1.00 bits per heavy atom. The van der Waals surface area contributed by atoms with Crippen molar-refractivity contribution < 1.29 is 20.1 Å². The van der Waals surface area contributed by atoms with Crippen molar-refractivity contribution in [3.8, 4) is 0 Å². The van der Waals surface area contributed by atoms with Crippen LogP contribution in [0.1, 0.15) is 34.6 Å². The summed E-state index contributed by atoms with van der Waals surface area (Å²) in [5.74, 6) is 0. The molecule has 0 bridgehead atoms. The van der Waals surface area contributed by atoms with Crippen LogP contribution in [-0.2, 0) is 4.74 Å². The largest absolute Gasteiger partial charge is 0.394 e. The molecule has 1 atom stereocenters. The van der Waals surface area contributed by atoms with Crippen LogP contribution in [0, 0.1) is 0 Å². The highest BCUT2D eigenvalue weighted by Gasteiger charge is 2.17. The number of methoxy groups -OCH3 is 1. The number of aliphatic hydroxyl groups excluding tert-OH is 3. The molecule has 0 rings (SSSR count). The zero-order chi connectivity index (χ0) is 14.8. The van der Waals surface area contributed by atoms with Crippen LogP contribution in [0.5, 0.6) is 0 Å². The van der Waals surface area contributed by atoms with Crippen molar-refractivity contribution in [2.45, 2.75) is 51.9 Å². The molecule has 0 amide bonds. The topological polar surface area (TPSA) is 94.0 Å². The quantitative estimate of drug-likeness (QED) is 0.404. The van der Waals surface area contributed by atoms with Crippen LogP contribution < -0.4 is 10.6 Å². The minimum atomic E-state index is -0.352. The van der Waals surface area contributed by atoms with Gasteiger partial charge < -0.3 is 20.1 Å². The maximum absolute atomic E-state index is 8.82. The fraction of sp³-hybridized carbons (Fsp3) is 1.00. The molecule has 0 saturated carbocycles. The first-order valence-corrected chi connectivity index (χ1v) is 6.02. The van der Waals surface area contributed by atoms with E-state index in [1.54, 1.807) is 7.11 Å². The van der Waals surface area contributed by atoms with Gasteiger partial charge in [0.25, 0.3) is 0 Å². The maximum Gasteiger partial charge on any atom is 0.105 e. The minimum absolute atomic E-state index is 0.0119. The number of hydrogen-bond donors (Lipinski definition) is 5. The average molecular weight is 266 g/mol. The standard InChI is InChI=1S/C7H17NO2.C5H13NO2/c1-6(10-4)8-7(2,3)5-9;1-5(2,3-7)6-4-8/h6,8-9H,5H2,1-4H3;6-8H,3-4H2,1-2H3. The Balaban J connectivity index is 0. The van der Waals surface area contributed by atoms with E-state index < -0.39 is 0 Å². The molecule has 112 valence electrons. The zero-order valence-corrected chi connectivity index (χ0v) is 12.4. The van der Waals surface area contributed by atoms with Gasteiger partial charge in [-0.25, -0.2) is 0 Å². The van der Waals surface area contributed by atoms with Crippen molar-refractivity contribution in [2.75, 3.05) is 27.1 Å². The number of rotatable bonds is 7. The molecule has 0 heterocycles. The van der Waals surface area contributed by atoms with Gasteiger partial charge >= 0.3 is 0 Å². The maximum atomic E-state index is 8.82. The summed E-state index contributed by atoms with van der Waals surface area (Å²) in [5, 5.41) is 31.4. The smallest absolute Gasteiger partial charge is 0.105 e. The highest BCUT2D eigenvalue weighted by molar-refractivity contribution is 4.76. The van der Waals surface area contributed by atoms with Crippen LogP contribution in [-0.4, -0.2) is 59.7 Å². The third kappa shape index (κ3) is 12.2. The summed E-state index contributed by atoms with van der Waals surface area (Å²) in [5.41, 5.74) is -0.607. The molecule has 6 heteroatoms. The second kappa shape index (κ2) is 9.66. The van der Waals surface area contributed by atoms with Gasteiger partial charge in [0.1, 0.15) is 6.23 Å². The summed E-state index contributed by atoms with van der Waals surface area (Å²) in [4.78, 5) is 0. The summed E-state index contributed by atoms with van der Waals surface area (Å²) in [6.07, 6.45) is -0.0119. The van der Waals surface area contributed by atoms with Gasteiger partial charge in [0.2, 0.25) is 0 Å². The fourth-order valence-electron chi connectivity index (χ4n) is 0.925. The van der Waals surface area contributed by atoms with Crippen LogP contribution in [0.3, 0.4) is 0 Å². The lowest BCUT2D eigenvalue weighted by atomic mass is 10.1. The summed E-state index contributed by atoms with van der Waals surface area (Å²) >= 11 is 0. The predicted octanol–water partition coefficient (Wildman–Crippen LogP) is -0.364. The molecule has 0 aromatic carbocycles. The molecule has 0 fully saturated rings. The Morgan fingerprint density at radius 3 is 1.67 bits per heavy atom. The summed E-state index contributed by atoms with van der Waals surface area (Å²) in [6.45, 7) is 9.41. The number of aliphatic hydroxyl groups is 3. The lowest BCUT2D eigenvalue weighted by molar-refractivity contribution is 0.0465. The normalized spacial score (nSPS) is 13.8. The molecule has 18 heavy (non-hydrogen) atoms. The first-order valence-electron chi connectivity index (χ1n) is 6.02. The number of hydrogen-bond acceptors (Lipinski definition) is 6. The fourth-order valence-corrected chi connectivity index (χ4v) is 0.925. The molecule has 0 aliphatic heterocycles. The monoisotopic (exact) mass is 266 g/mol. The van der Waals surface area contributed by atoms with Crippen LogP contribution >= 0.6 is 0 Å². The number of ether oxygens (including phenoxy) is 1. The van der Waals surface area contributed by atoms with Crippen molar-refractivity contribution in [3.63, 3.8) is 0 Å². The Morgan fingerprint density at radius 2 is 1.44 bits per heavy atom. The molecule has 0 aromatic rings. The molecule has 6 nitrogen and oxygen atoms in total. The lowest BCUT2D eigenvalue weighted by Gasteiger charge is -2.27. The van der Waals surface area contributed by atoms with E-state index in [0.717, 1.165) is 0 Å². The minimum Gasteiger partial charge on any atom is -0.394 e. The van der Waals surface area contributed by atoms with Gasteiger partial charge in [-0.15, -0.1) is 0 Å². The van der Waals surface area contributed by atoms with Crippen molar-refractivity contribution in [2.24, 2.45) is 0 Å². The molecule has 0 aromatic heterocycles. The van der Waals surface area contributed by atoms with E-state index in [-0.39, 0.29) is 37.3 Å². The van der Waals surface area contributed by atoms with Crippen molar-refractivity contribution >= 4 is 0 Å². The van der Waals surface area contributed by atoms with Gasteiger partial charge in [-0.05, 0) is 34.6 Å². The van der Waals surface area contributed by atoms with Crippen LogP contribution in [0.4, 0.5) is 0 Å². The van der Waals surface area contributed by atoms with Crippen molar-refractivity contribution in [1.82, 2.24) is 10.6 Å². The van der Waals surface area contributed by atoms with E-state index in [9.17, 15) is 0 Å². The van der Waals surface area contributed by atoms with Gasteiger partial charge in [-0.3, -0.25) is 10.6 Å². The third-order valence-corrected chi connectivity index (χ3v) is 2.30. The van der Waals surface area contributed by atoms with Crippen LogP contribution in [0.15, 0.2) is 0 Å². The highest BCUT2D eigenvalue weighted by atomic mass is 16.5. The molecule has 5 N–H and O–H groups in total. The van der Waals surface area contributed by atoms with E-state index in [0.29, 0.717) is 0 Å². The van der Waals surface area contributed by atoms with Crippen molar-refractivity contribution in [3.05, 3.63) is 0 Å². The zero-order valence-electron chi connectivity index (χ0n) is 12.4. The predicted molar refractivity (Wildman–Crippen MR) is 72.2 cm³/mol. The first-order chi connectivity index (χ1) is 8.14. The van der Waals surface area contributed by atoms with E-state index in [1.165, 1.54) is 0 Å². The van der Waals surface area contributed by atoms with Gasteiger partial charge in [0.05, 0.1) is 19.9 Å². The average Bonchev–Trinajstić information content (AvgIpc) is 2.29. The number of nitrogens with one attached hydrogen (secondary N) is 2. The molecule has 1 unspecified atom stereocenters. The summed E-state index contributed by atoms with van der Waals surface area (Å²) < 4.78 is 4.97. The van der Waals surface area contributed by atoms with E-state index in [4.69, 9.17) is 20.1 Å². The molecular formula is C12H30N2O4. The van der Waals surface area contributed by atoms with Gasteiger partial charge in [0.15, 0.2) is 0 Å². The third-order valence-electron chi connectivity index (χ3n) is 2.30. The Hall–Kier alpha value is -0.240. The van der Waals surface area contributed by atoms with E-state index >= 15 is 0 Å². The molecule has 0 aliphatic rings. The van der Waals surface area contributed by atoms with E-state index in [2.05, 4.69) is 10.6 Å². The van der Waals surface area contributed by atoms with Crippen LogP contribution in [0.25, 0.3) is 0 Å². The van der Waals surface area contributed by atoms with E-state index in [1.807, 2.05) is 34.6 Å². The molecule has 0 saturated heterocycles. The van der Waals surface area contributed by atoms with Crippen LogP contribution in [0.2, 0.25) is 0 Å². The molecule has 0 radical (unpaired) electrons. The second-order valence-corrected chi connectivity index (χ2v) is 5.44. The molecule has 0 spiro atoms. The molecule has 0 aliphatic carbocycles. The van der Waals surface area contributed by atoms with Crippen molar-refractivity contribution in [1.29, 1.82) is 0 Å². The Kier molecular flexibility index (Phi) is 10.8. The molecular weight excluding hydrogens is 236 g/mol. The SMILES string of the molecule is CC(C)(CO)NCO.COC(C)NC(C)(C)CO. The van der Waals surface area contributed by atoms with Gasteiger partial charge in [-0.2, -0.15) is 0 Å². The summed E-state index contributed by atoms with van der Waals surface area (Å²) in [6, 6.07) is 0. The van der Waals surface area contributed by atoms with Gasteiger partial charge in [-0.1, -0.05) is 0 Å². The highest BCUT2D eigenvalue weighted by Crippen LogP contribution is 2.01. The second-order valence-electron chi connectivity index (χ2n) is 5.44. The Labute approximate surface area is 110 Å². The van der Waals surface area contributed by atoms with Gasteiger partial charge in [0, 0.05) is 18.2 Å².